The molecule has 1 aromatic carbocycles. The van der Waals surface area contributed by atoms with Crippen LogP contribution >= 0.6 is 23.2 Å². The summed E-state index contributed by atoms with van der Waals surface area (Å²) in [5.74, 6) is -3.69. The third-order valence-electron chi connectivity index (χ3n) is 3.51. The Morgan fingerprint density at radius 3 is 2.00 bits per heavy atom. The summed E-state index contributed by atoms with van der Waals surface area (Å²) >= 11 is 12.0. The summed E-state index contributed by atoms with van der Waals surface area (Å²) in [7, 11) is 0. The number of benzene rings is 1. The molecule has 2 rings (SSSR count). The van der Waals surface area contributed by atoms with Gasteiger partial charge in [-0.3, -0.25) is 4.79 Å². The van der Waals surface area contributed by atoms with E-state index in [0.29, 0.717) is 22.2 Å². The average Bonchev–Trinajstić information content (AvgIpc) is 2.58. The van der Waals surface area contributed by atoms with Crippen molar-refractivity contribution in [2.75, 3.05) is 25.0 Å². The number of hydrogen-bond donors (Lipinski definition) is 3. The minimum absolute atomic E-state index is 0.0411. The van der Waals surface area contributed by atoms with Crippen LogP contribution in [0.1, 0.15) is 25.7 Å². The number of carbonyl (C=O) groups is 3. The van der Waals surface area contributed by atoms with Gasteiger partial charge in [0.2, 0.25) is 5.91 Å². The topological polar surface area (TPSA) is 107 Å². The zero-order valence-corrected chi connectivity index (χ0v) is 15.0. The highest BCUT2D eigenvalue weighted by Crippen LogP contribution is 2.29. The van der Waals surface area contributed by atoms with Crippen molar-refractivity contribution in [1.29, 1.82) is 0 Å². The largest absolute Gasteiger partial charge is 0.473 e. The minimum atomic E-state index is -1.82. The Morgan fingerprint density at radius 1 is 1.00 bits per heavy atom. The summed E-state index contributed by atoms with van der Waals surface area (Å²) in [6.07, 6.45) is 4.25. The fourth-order valence-corrected chi connectivity index (χ4v) is 2.75. The molecule has 1 fully saturated rings. The number of aliphatic carboxylic acids is 2. The van der Waals surface area contributed by atoms with Gasteiger partial charge in [0.05, 0.1) is 15.7 Å². The number of rotatable bonds is 4. The first-order chi connectivity index (χ1) is 11.8. The van der Waals surface area contributed by atoms with Crippen molar-refractivity contribution in [3.8, 4) is 0 Å². The number of likely N-dealkylation sites (tertiary alicyclic amines) is 1. The van der Waals surface area contributed by atoms with E-state index in [1.165, 1.54) is 19.3 Å². The Balaban J connectivity index is 0.000000450. The van der Waals surface area contributed by atoms with E-state index >= 15 is 0 Å². The van der Waals surface area contributed by atoms with Gasteiger partial charge in [-0.25, -0.2) is 9.59 Å². The summed E-state index contributed by atoms with van der Waals surface area (Å²) in [4.78, 5) is 32.4. The summed E-state index contributed by atoms with van der Waals surface area (Å²) < 4.78 is 0. The van der Waals surface area contributed by atoms with Crippen molar-refractivity contribution in [3.63, 3.8) is 0 Å². The van der Waals surface area contributed by atoms with Gasteiger partial charge in [-0.15, -0.1) is 0 Å². The minimum Gasteiger partial charge on any atom is -0.473 e. The highest BCUT2D eigenvalue weighted by molar-refractivity contribution is 6.39. The quantitative estimate of drug-likeness (QED) is 0.682. The number of nitrogens with one attached hydrogen (secondary N) is 1. The van der Waals surface area contributed by atoms with Crippen LogP contribution in [0, 0.1) is 0 Å². The average molecular weight is 391 g/mol. The zero-order chi connectivity index (χ0) is 18.8. The fourth-order valence-electron chi connectivity index (χ4n) is 2.26. The van der Waals surface area contributed by atoms with E-state index in [1.54, 1.807) is 18.2 Å². The van der Waals surface area contributed by atoms with Crippen LogP contribution in [-0.2, 0) is 14.4 Å². The Bertz CT molecular complexity index is 586. The van der Waals surface area contributed by atoms with Crippen LogP contribution in [-0.4, -0.2) is 52.6 Å². The molecule has 1 amide bonds. The maximum absolute atomic E-state index is 11.9. The first kappa shape index (κ1) is 21.2. The lowest BCUT2D eigenvalue weighted by atomic mass is 10.1. The van der Waals surface area contributed by atoms with Crippen molar-refractivity contribution < 1.29 is 24.6 Å². The van der Waals surface area contributed by atoms with Gasteiger partial charge in [-0.2, -0.15) is 0 Å². The normalized spacial score (nSPS) is 14.2. The molecular formula is C16H20Cl2N2O5. The molecule has 1 aromatic rings. The van der Waals surface area contributed by atoms with Crippen LogP contribution in [0.25, 0.3) is 0 Å². The smallest absolute Gasteiger partial charge is 0.414 e. The monoisotopic (exact) mass is 390 g/mol. The van der Waals surface area contributed by atoms with Crippen molar-refractivity contribution in [2.45, 2.75) is 25.7 Å². The van der Waals surface area contributed by atoms with Crippen molar-refractivity contribution in [2.24, 2.45) is 0 Å². The van der Waals surface area contributed by atoms with E-state index < -0.39 is 11.9 Å². The van der Waals surface area contributed by atoms with Crippen LogP contribution in [0.5, 0.6) is 0 Å². The van der Waals surface area contributed by atoms with Gasteiger partial charge in [0.25, 0.3) is 0 Å². The van der Waals surface area contributed by atoms with E-state index in [9.17, 15) is 4.79 Å². The van der Waals surface area contributed by atoms with Gasteiger partial charge in [0, 0.05) is 13.0 Å². The standard InChI is InChI=1S/C14H18Cl2N2O.C2H2O4/c15-11-5-4-6-12(16)14(11)17-13(19)7-10-18-8-2-1-3-9-18;3-1(4)2(5)6/h4-6H,1-3,7-10H2,(H,17,19);(H,3,4)(H,5,6). The van der Waals surface area contributed by atoms with Crippen molar-refractivity contribution >= 4 is 46.7 Å². The van der Waals surface area contributed by atoms with E-state index in [-0.39, 0.29) is 5.91 Å². The number of carbonyl (C=O) groups excluding carboxylic acids is 1. The molecule has 1 saturated heterocycles. The molecule has 0 spiro atoms. The molecule has 25 heavy (non-hydrogen) atoms. The molecule has 9 heteroatoms. The molecule has 0 aromatic heterocycles. The number of carboxylic acid groups (broad SMARTS) is 2. The second kappa shape index (κ2) is 10.9. The first-order valence-corrected chi connectivity index (χ1v) is 8.49. The molecule has 0 bridgehead atoms. The van der Waals surface area contributed by atoms with Crippen LogP contribution < -0.4 is 5.32 Å². The molecule has 1 heterocycles. The predicted octanol–water partition coefficient (Wildman–Crippen LogP) is 2.96. The summed E-state index contributed by atoms with van der Waals surface area (Å²) in [5.41, 5.74) is 0.509. The van der Waals surface area contributed by atoms with Gasteiger partial charge < -0.3 is 20.4 Å². The van der Waals surface area contributed by atoms with Crippen LogP contribution in [0.3, 0.4) is 0 Å². The fraction of sp³-hybridized carbons (Fsp3) is 0.438. The molecule has 0 unspecified atom stereocenters. The maximum atomic E-state index is 11.9. The van der Waals surface area contributed by atoms with Crippen LogP contribution in [0.2, 0.25) is 10.0 Å². The molecule has 7 nitrogen and oxygen atoms in total. The van der Waals surface area contributed by atoms with Gasteiger partial charge in [0.15, 0.2) is 0 Å². The van der Waals surface area contributed by atoms with Gasteiger partial charge in [-0.05, 0) is 38.1 Å². The Kier molecular flexibility index (Phi) is 9.26. The predicted molar refractivity (Wildman–Crippen MR) is 95.3 cm³/mol. The van der Waals surface area contributed by atoms with E-state index in [0.717, 1.165) is 19.6 Å². The van der Waals surface area contributed by atoms with Gasteiger partial charge in [-0.1, -0.05) is 35.7 Å². The first-order valence-electron chi connectivity index (χ1n) is 7.73. The Morgan fingerprint density at radius 2 is 1.52 bits per heavy atom. The van der Waals surface area contributed by atoms with E-state index in [2.05, 4.69) is 10.2 Å². The highest BCUT2D eigenvalue weighted by Gasteiger charge is 2.13. The molecule has 3 N–H and O–H groups in total. The molecule has 1 aliphatic heterocycles. The Hall–Kier alpha value is -1.83. The zero-order valence-electron chi connectivity index (χ0n) is 13.5. The lowest BCUT2D eigenvalue weighted by Crippen LogP contribution is -2.32. The van der Waals surface area contributed by atoms with E-state index in [1.807, 2.05) is 0 Å². The number of halogens is 2. The third-order valence-corrected chi connectivity index (χ3v) is 4.14. The number of piperidine rings is 1. The van der Waals surface area contributed by atoms with Crippen LogP contribution in [0.15, 0.2) is 18.2 Å². The second-order valence-electron chi connectivity index (χ2n) is 5.41. The molecule has 1 aliphatic rings. The molecular weight excluding hydrogens is 371 g/mol. The van der Waals surface area contributed by atoms with Crippen molar-refractivity contribution in [1.82, 2.24) is 4.90 Å². The molecule has 0 radical (unpaired) electrons. The van der Waals surface area contributed by atoms with Gasteiger partial charge >= 0.3 is 11.9 Å². The number of carboxylic acids is 2. The summed E-state index contributed by atoms with van der Waals surface area (Å²) in [6, 6.07) is 5.19. The number of para-hydroxylation sites is 1. The molecule has 0 saturated carbocycles. The number of nitrogens with zero attached hydrogens (tertiary/aromatic N) is 1. The Labute approximate surface area is 155 Å². The highest BCUT2D eigenvalue weighted by atomic mass is 35.5. The van der Waals surface area contributed by atoms with Crippen LogP contribution in [0.4, 0.5) is 5.69 Å². The summed E-state index contributed by atoms with van der Waals surface area (Å²) in [5, 5.41) is 18.5. The molecule has 0 atom stereocenters. The summed E-state index contributed by atoms with van der Waals surface area (Å²) in [6.45, 7) is 2.99. The van der Waals surface area contributed by atoms with E-state index in [4.69, 9.17) is 43.0 Å². The number of anilines is 1. The number of amides is 1. The third kappa shape index (κ3) is 8.20. The molecule has 138 valence electrons. The second-order valence-corrected chi connectivity index (χ2v) is 6.22. The number of hydrogen-bond acceptors (Lipinski definition) is 4. The maximum Gasteiger partial charge on any atom is 0.414 e. The lowest BCUT2D eigenvalue weighted by molar-refractivity contribution is -0.159. The van der Waals surface area contributed by atoms with Gasteiger partial charge in [0.1, 0.15) is 0 Å². The lowest BCUT2D eigenvalue weighted by Gasteiger charge is -2.26. The SMILES string of the molecule is O=C(CCN1CCCCC1)Nc1c(Cl)cccc1Cl.O=C(O)C(=O)O. The molecule has 0 aliphatic carbocycles. The van der Waals surface area contributed by atoms with Crippen molar-refractivity contribution in [3.05, 3.63) is 28.2 Å².